The highest BCUT2D eigenvalue weighted by Gasteiger charge is 2.12. The topological polar surface area (TPSA) is 53.1 Å². The third-order valence-electron chi connectivity index (χ3n) is 2.85. The summed E-state index contributed by atoms with van der Waals surface area (Å²) in [5, 5.41) is 4.02. The Bertz CT molecular complexity index is 763. The van der Waals surface area contributed by atoms with Gasteiger partial charge in [-0.05, 0) is 48.6 Å². The van der Waals surface area contributed by atoms with Crippen molar-refractivity contribution in [3.63, 3.8) is 0 Å². The van der Waals surface area contributed by atoms with E-state index in [1.54, 1.807) is 24.1 Å². The van der Waals surface area contributed by atoms with Crippen molar-refractivity contribution in [2.24, 2.45) is 0 Å². The van der Waals surface area contributed by atoms with Crippen LogP contribution in [0, 0.1) is 4.84 Å². The standard InChI is InChI=1S/C14H11N3O2S/c1-18-12-6-4-11(5-7-12)17-13(16-19-14(17)20)10-3-2-8-15-9-10/h2-9H,1H3. The number of benzene rings is 1. The van der Waals surface area contributed by atoms with Crippen LogP contribution in [0.1, 0.15) is 0 Å². The molecule has 0 fully saturated rings. The number of hydrogen-bond acceptors (Lipinski definition) is 5. The van der Waals surface area contributed by atoms with E-state index in [9.17, 15) is 0 Å². The summed E-state index contributed by atoms with van der Waals surface area (Å²) in [7, 11) is 1.63. The third kappa shape index (κ3) is 2.21. The van der Waals surface area contributed by atoms with Crippen molar-refractivity contribution in [1.29, 1.82) is 0 Å². The van der Waals surface area contributed by atoms with Crippen molar-refractivity contribution in [2.75, 3.05) is 7.11 Å². The van der Waals surface area contributed by atoms with Crippen molar-refractivity contribution >= 4 is 12.2 Å². The zero-order valence-corrected chi connectivity index (χ0v) is 11.5. The van der Waals surface area contributed by atoms with E-state index in [-0.39, 0.29) is 4.84 Å². The Morgan fingerprint density at radius 1 is 1.20 bits per heavy atom. The second-order valence-electron chi connectivity index (χ2n) is 4.05. The smallest absolute Gasteiger partial charge is 0.302 e. The maximum atomic E-state index is 5.20. The molecule has 100 valence electrons. The normalized spacial score (nSPS) is 10.4. The fourth-order valence-electron chi connectivity index (χ4n) is 1.89. The van der Waals surface area contributed by atoms with E-state index in [1.165, 1.54) is 0 Å². The first-order valence-electron chi connectivity index (χ1n) is 5.93. The predicted octanol–water partition coefficient (Wildman–Crippen LogP) is 3.27. The molecule has 0 amide bonds. The third-order valence-corrected chi connectivity index (χ3v) is 3.11. The molecule has 1 aromatic carbocycles. The highest BCUT2D eigenvalue weighted by Crippen LogP contribution is 2.23. The summed E-state index contributed by atoms with van der Waals surface area (Å²) >= 11 is 5.20. The van der Waals surface area contributed by atoms with E-state index in [0.717, 1.165) is 17.0 Å². The SMILES string of the molecule is COc1ccc(-n2c(-c3cccnc3)noc2=S)cc1. The molecule has 0 N–H and O–H groups in total. The number of methoxy groups -OCH3 is 1. The van der Waals surface area contributed by atoms with Gasteiger partial charge in [0.05, 0.1) is 12.8 Å². The Kier molecular flexibility index (Phi) is 3.30. The zero-order valence-electron chi connectivity index (χ0n) is 10.7. The van der Waals surface area contributed by atoms with Gasteiger partial charge in [-0.2, -0.15) is 0 Å². The number of nitrogens with zero attached hydrogens (tertiary/aromatic N) is 3. The summed E-state index contributed by atoms with van der Waals surface area (Å²) in [6, 6.07) is 11.2. The highest BCUT2D eigenvalue weighted by atomic mass is 32.1. The number of aromatic nitrogens is 3. The molecule has 20 heavy (non-hydrogen) atoms. The second kappa shape index (κ2) is 5.26. The van der Waals surface area contributed by atoms with E-state index in [2.05, 4.69) is 10.1 Å². The molecular weight excluding hydrogens is 274 g/mol. The lowest BCUT2D eigenvalue weighted by Gasteiger charge is -2.06. The number of rotatable bonds is 3. The van der Waals surface area contributed by atoms with Gasteiger partial charge in [0.25, 0.3) is 0 Å². The molecule has 2 heterocycles. The lowest BCUT2D eigenvalue weighted by molar-refractivity contribution is 0.402. The Morgan fingerprint density at radius 3 is 2.65 bits per heavy atom. The van der Waals surface area contributed by atoms with Gasteiger partial charge in [-0.25, -0.2) is 4.57 Å². The lowest BCUT2D eigenvalue weighted by atomic mass is 10.2. The molecule has 6 heteroatoms. The molecule has 3 aromatic rings. The first-order chi connectivity index (χ1) is 9.79. The number of ether oxygens (including phenoxy) is 1. The second-order valence-corrected chi connectivity index (χ2v) is 4.40. The molecule has 2 aromatic heterocycles. The van der Waals surface area contributed by atoms with Crippen LogP contribution in [0.5, 0.6) is 5.75 Å². The van der Waals surface area contributed by atoms with Gasteiger partial charge in [-0.1, -0.05) is 5.16 Å². The molecule has 0 aliphatic rings. The molecule has 0 atom stereocenters. The molecule has 0 aliphatic carbocycles. The summed E-state index contributed by atoms with van der Waals surface area (Å²) < 4.78 is 12.0. The fraction of sp³-hybridized carbons (Fsp3) is 0.0714. The van der Waals surface area contributed by atoms with Gasteiger partial charge in [-0.15, -0.1) is 0 Å². The quantitative estimate of drug-likeness (QED) is 0.691. The summed E-state index contributed by atoms with van der Waals surface area (Å²) in [5.41, 5.74) is 1.69. The molecule has 0 radical (unpaired) electrons. The van der Waals surface area contributed by atoms with Gasteiger partial charge >= 0.3 is 4.84 Å². The monoisotopic (exact) mass is 285 g/mol. The van der Waals surface area contributed by atoms with E-state index < -0.39 is 0 Å². The predicted molar refractivity (Wildman–Crippen MR) is 76.4 cm³/mol. The fourth-order valence-corrected chi connectivity index (χ4v) is 2.12. The Morgan fingerprint density at radius 2 is 2.00 bits per heavy atom. The van der Waals surface area contributed by atoms with Gasteiger partial charge in [0.1, 0.15) is 5.75 Å². The van der Waals surface area contributed by atoms with Crippen molar-refractivity contribution in [3.05, 3.63) is 53.6 Å². The maximum Gasteiger partial charge on any atom is 0.302 e. The van der Waals surface area contributed by atoms with Crippen molar-refractivity contribution in [2.45, 2.75) is 0 Å². The lowest BCUT2D eigenvalue weighted by Crippen LogP contribution is -1.98. The van der Waals surface area contributed by atoms with Crippen LogP contribution in [0.25, 0.3) is 17.1 Å². The number of hydrogen-bond donors (Lipinski definition) is 0. The average molecular weight is 285 g/mol. The van der Waals surface area contributed by atoms with Gasteiger partial charge in [0, 0.05) is 18.0 Å². The van der Waals surface area contributed by atoms with Gasteiger partial charge in [0.15, 0.2) is 5.82 Å². The minimum absolute atomic E-state index is 0.286. The largest absolute Gasteiger partial charge is 0.497 e. The van der Waals surface area contributed by atoms with E-state index in [4.69, 9.17) is 21.5 Å². The summed E-state index contributed by atoms with van der Waals surface area (Å²) in [6.07, 6.45) is 3.42. The van der Waals surface area contributed by atoms with Crippen LogP contribution in [-0.2, 0) is 0 Å². The minimum Gasteiger partial charge on any atom is -0.497 e. The van der Waals surface area contributed by atoms with E-state index in [1.807, 2.05) is 36.4 Å². The van der Waals surface area contributed by atoms with Crippen molar-refractivity contribution < 1.29 is 9.26 Å². The van der Waals surface area contributed by atoms with Crippen molar-refractivity contribution in [3.8, 4) is 22.8 Å². The minimum atomic E-state index is 0.286. The first-order valence-corrected chi connectivity index (χ1v) is 6.34. The zero-order chi connectivity index (χ0) is 13.9. The molecule has 0 saturated heterocycles. The molecule has 0 saturated carbocycles. The molecule has 0 bridgehead atoms. The molecular formula is C14H11N3O2S. The van der Waals surface area contributed by atoms with Gasteiger partial charge in [0.2, 0.25) is 0 Å². The highest BCUT2D eigenvalue weighted by molar-refractivity contribution is 7.71. The summed E-state index contributed by atoms with van der Waals surface area (Å²) in [6.45, 7) is 0. The first kappa shape index (κ1) is 12.6. The van der Waals surface area contributed by atoms with E-state index >= 15 is 0 Å². The molecule has 0 spiro atoms. The van der Waals surface area contributed by atoms with E-state index in [0.29, 0.717) is 5.82 Å². The van der Waals surface area contributed by atoms with Crippen LogP contribution >= 0.6 is 12.2 Å². The Balaban J connectivity index is 2.14. The Labute approximate surface area is 120 Å². The van der Waals surface area contributed by atoms with Gasteiger partial charge in [-0.3, -0.25) is 4.98 Å². The molecule has 0 aliphatic heterocycles. The van der Waals surface area contributed by atoms with Crippen LogP contribution < -0.4 is 4.74 Å². The molecule has 5 nitrogen and oxygen atoms in total. The van der Waals surface area contributed by atoms with Crippen LogP contribution in [-0.4, -0.2) is 21.8 Å². The van der Waals surface area contributed by atoms with Gasteiger partial charge < -0.3 is 9.26 Å². The average Bonchev–Trinajstić information content (AvgIpc) is 2.90. The summed E-state index contributed by atoms with van der Waals surface area (Å²) in [5.74, 6) is 1.40. The Hall–Kier alpha value is -2.47. The summed E-state index contributed by atoms with van der Waals surface area (Å²) in [4.78, 5) is 4.37. The van der Waals surface area contributed by atoms with Crippen LogP contribution in [0.15, 0.2) is 53.3 Å². The van der Waals surface area contributed by atoms with Crippen LogP contribution in [0.4, 0.5) is 0 Å². The van der Waals surface area contributed by atoms with Crippen LogP contribution in [0.3, 0.4) is 0 Å². The molecule has 0 unspecified atom stereocenters. The van der Waals surface area contributed by atoms with Crippen molar-refractivity contribution in [1.82, 2.24) is 14.7 Å². The van der Waals surface area contributed by atoms with Crippen LogP contribution in [0.2, 0.25) is 0 Å². The molecule has 3 rings (SSSR count). The number of pyridine rings is 1. The maximum absolute atomic E-state index is 5.20.